The molecule has 0 saturated carbocycles. The highest BCUT2D eigenvalue weighted by Gasteiger charge is 2.21. The number of rotatable bonds is 2. The van der Waals surface area contributed by atoms with E-state index in [1.54, 1.807) is 6.08 Å². The van der Waals surface area contributed by atoms with Crippen LogP contribution >= 0.6 is 11.6 Å². The highest BCUT2D eigenvalue weighted by molar-refractivity contribution is 6.30. The van der Waals surface area contributed by atoms with E-state index in [1.807, 2.05) is 18.2 Å². The minimum atomic E-state index is 0.378. The number of carbonyl (C=O) groups excluding carboxylic acids is 1. The third-order valence-electron chi connectivity index (χ3n) is 2.68. The molecule has 0 N–H and O–H groups in total. The number of halogens is 1. The molecule has 0 fully saturated rings. The number of isocyanates is 1. The van der Waals surface area contributed by atoms with Gasteiger partial charge in [0.1, 0.15) is 0 Å². The van der Waals surface area contributed by atoms with Crippen molar-refractivity contribution >= 4 is 17.7 Å². The van der Waals surface area contributed by atoms with E-state index in [0.29, 0.717) is 12.5 Å². The van der Waals surface area contributed by atoms with Crippen molar-refractivity contribution in [2.75, 3.05) is 6.54 Å². The van der Waals surface area contributed by atoms with Gasteiger partial charge in [0.15, 0.2) is 0 Å². The van der Waals surface area contributed by atoms with Gasteiger partial charge in [0, 0.05) is 10.9 Å². The van der Waals surface area contributed by atoms with E-state index in [4.69, 9.17) is 11.6 Å². The van der Waals surface area contributed by atoms with Gasteiger partial charge in [-0.2, -0.15) is 0 Å². The summed E-state index contributed by atoms with van der Waals surface area (Å²) in [6.45, 7) is 0.554. The summed E-state index contributed by atoms with van der Waals surface area (Å²) in [6.07, 6.45) is 3.68. The second-order valence-corrected chi connectivity index (χ2v) is 3.95. The number of hydrogen-bond donors (Lipinski definition) is 0. The Kier molecular flexibility index (Phi) is 2.67. The molecule has 2 rings (SSSR count). The van der Waals surface area contributed by atoms with Crippen molar-refractivity contribution in [3.8, 4) is 0 Å². The molecule has 72 valence electrons. The Morgan fingerprint density at radius 2 is 2.43 bits per heavy atom. The summed E-state index contributed by atoms with van der Waals surface area (Å²) in [4.78, 5) is 13.7. The molecule has 1 unspecified atom stereocenters. The van der Waals surface area contributed by atoms with Crippen LogP contribution in [0.4, 0.5) is 0 Å². The van der Waals surface area contributed by atoms with Crippen LogP contribution in [0.1, 0.15) is 23.5 Å². The SMILES string of the molecule is O=C=NCC1CCc2cc(Cl)ccc21. The van der Waals surface area contributed by atoms with Crippen LogP contribution in [0.3, 0.4) is 0 Å². The molecular formula is C11H10ClNO. The van der Waals surface area contributed by atoms with Crippen molar-refractivity contribution in [2.45, 2.75) is 18.8 Å². The fourth-order valence-corrected chi connectivity index (χ4v) is 2.21. The van der Waals surface area contributed by atoms with Gasteiger partial charge in [0.2, 0.25) is 6.08 Å². The molecule has 0 saturated heterocycles. The third kappa shape index (κ3) is 1.72. The summed E-state index contributed by atoms with van der Waals surface area (Å²) >= 11 is 5.89. The van der Waals surface area contributed by atoms with Gasteiger partial charge in [-0.05, 0) is 36.1 Å². The fraction of sp³-hybridized carbons (Fsp3) is 0.364. The minimum absolute atomic E-state index is 0.378. The van der Waals surface area contributed by atoms with Crippen LogP contribution in [0, 0.1) is 0 Å². The molecule has 1 aliphatic rings. The van der Waals surface area contributed by atoms with Crippen LogP contribution in [0.5, 0.6) is 0 Å². The van der Waals surface area contributed by atoms with E-state index in [2.05, 4.69) is 4.99 Å². The Balaban J connectivity index is 2.26. The summed E-state index contributed by atoms with van der Waals surface area (Å²) in [5.41, 5.74) is 2.58. The van der Waals surface area contributed by atoms with Crippen LogP contribution in [0.2, 0.25) is 5.02 Å². The van der Waals surface area contributed by atoms with Crippen molar-refractivity contribution in [3.05, 3.63) is 34.3 Å². The van der Waals surface area contributed by atoms with Gasteiger partial charge in [-0.1, -0.05) is 17.7 Å². The van der Waals surface area contributed by atoms with Crippen molar-refractivity contribution in [3.63, 3.8) is 0 Å². The Morgan fingerprint density at radius 3 is 3.21 bits per heavy atom. The summed E-state index contributed by atoms with van der Waals surface area (Å²) in [5, 5.41) is 0.781. The molecule has 1 aliphatic carbocycles. The molecule has 0 spiro atoms. The van der Waals surface area contributed by atoms with Crippen molar-refractivity contribution in [1.29, 1.82) is 0 Å². The predicted octanol–water partition coefficient (Wildman–Crippen LogP) is 2.71. The highest BCUT2D eigenvalue weighted by Crippen LogP contribution is 2.34. The number of hydrogen-bond acceptors (Lipinski definition) is 2. The van der Waals surface area contributed by atoms with Crippen LogP contribution in [-0.4, -0.2) is 12.6 Å². The van der Waals surface area contributed by atoms with Gasteiger partial charge < -0.3 is 0 Å². The molecule has 0 bridgehead atoms. The molecule has 0 aromatic heterocycles. The lowest BCUT2D eigenvalue weighted by Gasteiger charge is -2.06. The van der Waals surface area contributed by atoms with Crippen molar-refractivity contribution in [2.24, 2.45) is 4.99 Å². The lowest BCUT2D eigenvalue weighted by atomic mass is 10.0. The van der Waals surface area contributed by atoms with Crippen LogP contribution in [0.25, 0.3) is 0 Å². The molecule has 0 heterocycles. The zero-order valence-electron chi connectivity index (χ0n) is 7.66. The molecule has 0 amide bonds. The lowest BCUT2D eigenvalue weighted by molar-refractivity contribution is 0.560. The van der Waals surface area contributed by atoms with Crippen molar-refractivity contribution < 1.29 is 4.79 Å². The van der Waals surface area contributed by atoms with Gasteiger partial charge in [-0.15, -0.1) is 0 Å². The summed E-state index contributed by atoms with van der Waals surface area (Å²) in [6, 6.07) is 5.93. The fourth-order valence-electron chi connectivity index (χ4n) is 2.01. The zero-order chi connectivity index (χ0) is 9.97. The zero-order valence-corrected chi connectivity index (χ0v) is 8.42. The van der Waals surface area contributed by atoms with E-state index in [0.717, 1.165) is 17.9 Å². The summed E-state index contributed by atoms with van der Waals surface area (Å²) in [5.74, 6) is 0.378. The largest absolute Gasteiger partial charge is 0.234 e. The van der Waals surface area contributed by atoms with Gasteiger partial charge in [-0.3, -0.25) is 0 Å². The van der Waals surface area contributed by atoms with E-state index in [9.17, 15) is 4.79 Å². The molecule has 1 aromatic carbocycles. The lowest BCUT2D eigenvalue weighted by Crippen LogP contribution is -1.97. The second kappa shape index (κ2) is 3.95. The molecular weight excluding hydrogens is 198 g/mol. The third-order valence-corrected chi connectivity index (χ3v) is 2.92. The maximum Gasteiger partial charge on any atom is 0.234 e. The number of benzene rings is 1. The molecule has 1 aromatic rings. The Morgan fingerprint density at radius 1 is 1.57 bits per heavy atom. The van der Waals surface area contributed by atoms with E-state index < -0.39 is 0 Å². The number of fused-ring (bicyclic) bond motifs is 1. The average Bonchev–Trinajstić information content (AvgIpc) is 2.57. The monoisotopic (exact) mass is 207 g/mol. The number of aryl methyl sites for hydroxylation is 1. The Labute approximate surface area is 87.6 Å². The van der Waals surface area contributed by atoms with Gasteiger partial charge in [-0.25, -0.2) is 9.79 Å². The first-order valence-electron chi connectivity index (χ1n) is 4.63. The summed E-state index contributed by atoms with van der Waals surface area (Å²) in [7, 11) is 0. The standard InChI is InChI=1S/C11H10ClNO/c12-10-3-4-11-8(5-10)1-2-9(11)6-13-7-14/h3-5,9H,1-2,6H2. The van der Waals surface area contributed by atoms with E-state index >= 15 is 0 Å². The maximum atomic E-state index is 10.0. The first-order valence-corrected chi connectivity index (χ1v) is 5.01. The number of aliphatic imine (C=N–C) groups is 1. The molecule has 1 atom stereocenters. The number of nitrogens with zero attached hydrogens (tertiary/aromatic N) is 1. The smallest absolute Gasteiger partial charge is 0.211 e. The van der Waals surface area contributed by atoms with Crippen LogP contribution in [-0.2, 0) is 11.2 Å². The predicted molar refractivity (Wildman–Crippen MR) is 55.5 cm³/mol. The molecule has 0 radical (unpaired) electrons. The van der Waals surface area contributed by atoms with E-state index in [-0.39, 0.29) is 0 Å². The van der Waals surface area contributed by atoms with Gasteiger partial charge >= 0.3 is 0 Å². The molecule has 0 aliphatic heterocycles. The first kappa shape index (κ1) is 9.45. The quantitative estimate of drug-likeness (QED) is 0.542. The van der Waals surface area contributed by atoms with Gasteiger partial charge in [0.05, 0.1) is 6.54 Å². The van der Waals surface area contributed by atoms with Gasteiger partial charge in [0.25, 0.3) is 0 Å². The molecule has 3 heteroatoms. The minimum Gasteiger partial charge on any atom is -0.211 e. The molecule has 14 heavy (non-hydrogen) atoms. The second-order valence-electron chi connectivity index (χ2n) is 3.51. The van der Waals surface area contributed by atoms with E-state index in [1.165, 1.54) is 11.1 Å². The Hall–Kier alpha value is -1.11. The summed E-state index contributed by atoms with van der Waals surface area (Å²) < 4.78 is 0. The van der Waals surface area contributed by atoms with Crippen molar-refractivity contribution in [1.82, 2.24) is 0 Å². The molecule has 2 nitrogen and oxygen atoms in total. The first-order chi connectivity index (χ1) is 6.81. The highest BCUT2D eigenvalue weighted by atomic mass is 35.5. The maximum absolute atomic E-state index is 10.0. The topological polar surface area (TPSA) is 29.4 Å². The normalized spacial score (nSPS) is 18.8. The Bertz CT molecular complexity index is 396. The average molecular weight is 208 g/mol. The van der Waals surface area contributed by atoms with Crippen LogP contribution < -0.4 is 0 Å². The van der Waals surface area contributed by atoms with Crippen LogP contribution in [0.15, 0.2) is 23.2 Å².